The van der Waals surface area contributed by atoms with Crippen LogP contribution in [0.2, 0.25) is 0 Å². The summed E-state index contributed by atoms with van der Waals surface area (Å²) < 4.78 is 0. The molecular formula is C6H11ClN4. The molecule has 0 aliphatic carbocycles. The predicted molar refractivity (Wildman–Crippen MR) is 46.3 cm³/mol. The Balaban J connectivity index is 0.000001000. The van der Waals surface area contributed by atoms with Gasteiger partial charge in [-0.25, -0.2) is 9.97 Å². The van der Waals surface area contributed by atoms with Crippen molar-refractivity contribution in [3.05, 3.63) is 18.0 Å². The minimum absolute atomic E-state index is 0. The van der Waals surface area contributed by atoms with Gasteiger partial charge in [0, 0.05) is 24.0 Å². The lowest BCUT2D eigenvalue weighted by Gasteiger charge is -2.02. The third kappa shape index (κ3) is 2.69. The van der Waals surface area contributed by atoms with Gasteiger partial charge in [0.15, 0.2) is 0 Å². The van der Waals surface area contributed by atoms with E-state index in [1.165, 1.54) is 0 Å². The van der Waals surface area contributed by atoms with Crippen LogP contribution in [0.1, 0.15) is 18.5 Å². The molecule has 4 nitrogen and oxygen atoms in total. The van der Waals surface area contributed by atoms with Crippen molar-refractivity contribution in [2.45, 2.75) is 13.0 Å². The topological polar surface area (TPSA) is 77.8 Å². The number of nitrogen functional groups attached to an aromatic ring is 1. The minimum atomic E-state index is -0.0272. The maximum absolute atomic E-state index is 5.54. The lowest BCUT2D eigenvalue weighted by molar-refractivity contribution is 0.804. The van der Waals surface area contributed by atoms with Crippen molar-refractivity contribution >= 4 is 18.4 Å². The molecule has 0 saturated carbocycles. The van der Waals surface area contributed by atoms with E-state index >= 15 is 0 Å². The van der Waals surface area contributed by atoms with E-state index in [1.807, 2.05) is 6.92 Å². The van der Waals surface area contributed by atoms with E-state index < -0.39 is 0 Å². The summed E-state index contributed by atoms with van der Waals surface area (Å²) in [5.41, 5.74) is 11.7. The predicted octanol–water partition coefficient (Wildman–Crippen LogP) is 0.500. The standard InChI is InChI=1S/C6H10N4.ClH/c1-4(7)5-2-9-6(8)10-3-5;/h2-4H,7H2,1H3,(H2,8,9,10);1H. The second-order valence-electron chi connectivity index (χ2n) is 2.16. The van der Waals surface area contributed by atoms with E-state index in [-0.39, 0.29) is 24.4 Å². The van der Waals surface area contributed by atoms with Crippen LogP contribution in [0.3, 0.4) is 0 Å². The van der Waals surface area contributed by atoms with E-state index in [0.29, 0.717) is 0 Å². The summed E-state index contributed by atoms with van der Waals surface area (Å²) in [6, 6.07) is -0.0272. The Labute approximate surface area is 71.4 Å². The van der Waals surface area contributed by atoms with Crippen molar-refractivity contribution in [3.63, 3.8) is 0 Å². The average Bonchev–Trinajstić information content (AvgIpc) is 1.88. The third-order valence-electron chi connectivity index (χ3n) is 1.22. The molecule has 0 aliphatic rings. The Morgan fingerprint density at radius 1 is 1.36 bits per heavy atom. The Hall–Kier alpha value is -0.870. The summed E-state index contributed by atoms with van der Waals surface area (Å²) in [6.07, 6.45) is 3.26. The third-order valence-corrected chi connectivity index (χ3v) is 1.22. The molecule has 0 spiro atoms. The van der Waals surface area contributed by atoms with E-state index in [1.54, 1.807) is 12.4 Å². The summed E-state index contributed by atoms with van der Waals surface area (Å²) in [6.45, 7) is 1.87. The quantitative estimate of drug-likeness (QED) is 0.650. The van der Waals surface area contributed by atoms with Gasteiger partial charge in [-0.05, 0) is 6.92 Å². The monoisotopic (exact) mass is 174 g/mol. The maximum Gasteiger partial charge on any atom is 0.219 e. The molecule has 1 aromatic heterocycles. The molecule has 1 atom stereocenters. The molecule has 0 saturated heterocycles. The Morgan fingerprint density at radius 3 is 2.18 bits per heavy atom. The van der Waals surface area contributed by atoms with Crippen molar-refractivity contribution in [2.24, 2.45) is 5.73 Å². The molecule has 0 aliphatic heterocycles. The van der Waals surface area contributed by atoms with E-state index in [2.05, 4.69) is 9.97 Å². The first-order valence-electron chi connectivity index (χ1n) is 3.03. The first-order valence-corrected chi connectivity index (χ1v) is 3.03. The summed E-state index contributed by atoms with van der Waals surface area (Å²) in [7, 11) is 0. The van der Waals surface area contributed by atoms with Crippen LogP contribution >= 0.6 is 12.4 Å². The van der Waals surface area contributed by atoms with Crippen LogP contribution in [0.4, 0.5) is 5.95 Å². The Kier molecular flexibility index (Phi) is 3.78. The van der Waals surface area contributed by atoms with E-state index in [0.717, 1.165) is 5.56 Å². The highest BCUT2D eigenvalue weighted by Crippen LogP contribution is 2.05. The number of nitrogens with zero attached hydrogens (tertiary/aromatic N) is 2. The fourth-order valence-corrected chi connectivity index (χ4v) is 0.583. The highest BCUT2D eigenvalue weighted by atomic mass is 35.5. The van der Waals surface area contributed by atoms with Crippen LogP contribution in [-0.4, -0.2) is 9.97 Å². The molecule has 11 heavy (non-hydrogen) atoms. The normalized spacial score (nSPS) is 11.8. The van der Waals surface area contributed by atoms with Crippen molar-refractivity contribution in [2.75, 3.05) is 5.73 Å². The van der Waals surface area contributed by atoms with Gasteiger partial charge < -0.3 is 11.5 Å². The second kappa shape index (κ2) is 4.10. The molecule has 1 heterocycles. The van der Waals surface area contributed by atoms with Gasteiger partial charge in [0.2, 0.25) is 5.95 Å². The number of rotatable bonds is 1. The fraction of sp³-hybridized carbons (Fsp3) is 0.333. The Bertz CT molecular complexity index is 208. The zero-order valence-electron chi connectivity index (χ0n) is 6.19. The fourth-order valence-electron chi connectivity index (χ4n) is 0.583. The van der Waals surface area contributed by atoms with Crippen LogP contribution in [0.25, 0.3) is 0 Å². The van der Waals surface area contributed by atoms with Gasteiger partial charge in [-0.15, -0.1) is 12.4 Å². The van der Waals surface area contributed by atoms with Gasteiger partial charge in [-0.1, -0.05) is 0 Å². The number of hydrogen-bond acceptors (Lipinski definition) is 4. The molecule has 4 N–H and O–H groups in total. The number of aromatic nitrogens is 2. The highest BCUT2D eigenvalue weighted by molar-refractivity contribution is 5.85. The molecule has 0 fully saturated rings. The number of nitrogens with two attached hydrogens (primary N) is 2. The molecule has 1 unspecified atom stereocenters. The molecule has 0 bridgehead atoms. The molecule has 0 amide bonds. The van der Waals surface area contributed by atoms with Crippen LogP contribution in [-0.2, 0) is 0 Å². The van der Waals surface area contributed by atoms with Gasteiger partial charge in [0.1, 0.15) is 0 Å². The largest absolute Gasteiger partial charge is 0.368 e. The molecule has 5 heteroatoms. The lowest BCUT2D eigenvalue weighted by atomic mass is 10.2. The first-order chi connectivity index (χ1) is 4.70. The number of anilines is 1. The van der Waals surface area contributed by atoms with E-state index in [9.17, 15) is 0 Å². The summed E-state index contributed by atoms with van der Waals surface area (Å²) in [5.74, 6) is 0.282. The number of hydrogen-bond donors (Lipinski definition) is 2. The lowest BCUT2D eigenvalue weighted by Crippen LogP contribution is -2.06. The zero-order valence-corrected chi connectivity index (χ0v) is 7.01. The van der Waals surface area contributed by atoms with Crippen LogP contribution in [0.5, 0.6) is 0 Å². The smallest absolute Gasteiger partial charge is 0.219 e. The molecule has 1 rings (SSSR count). The zero-order chi connectivity index (χ0) is 7.56. The molecule has 62 valence electrons. The van der Waals surface area contributed by atoms with Crippen molar-refractivity contribution in [1.29, 1.82) is 0 Å². The van der Waals surface area contributed by atoms with E-state index in [4.69, 9.17) is 11.5 Å². The van der Waals surface area contributed by atoms with Crippen LogP contribution in [0.15, 0.2) is 12.4 Å². The molecule has 0 aromatic carbocycles. The Morgan fingerprint density at radius 2 is 1.82 bits per heavy atom. The first kappa shape index (κ1) is 10.1. The summed E-state index contributed by atoms with van der Waals surface area (Å²) in [5, 5.41) is 0. The van der Waals surface area contributed by atoms with Gasteiger partial charge in [0.25, 0.3) is 0 Å². The van der Waals surface area contributed by atoms with Crippen LogP contribution in [0, 0.1) is 0 Å². The van der Waals surface area contributed by atoms with Gasteiger partial charge in [-0.3, -0.25) is 0 Å². The minimum Gasteiger partial charge on any atom is -0.368 e. The van der Waals surface area contributed by atoms with Crippen molar-refractivity contribution in [1.82, 2.24) is 9.97 Å². The van der Waals surface area contributed by atoms with Gasteiger partial charge in [-0.2, -0.15) is 0 Å². The second-order valence-corrected chi connectivity index (χ2v) is 2.16. The van der Waals surface area contributed by atoms with Gasteiger partial charge >= 0.3 is 0 Å². The summed E-state index contributed by atoms with van der Waals surface area (Å²) in [4.78, 5) is 7.57. The summed E-state index contributed by atoms with van der Waals surface area (Å²) >= 11 is 0. The maximum atomic E-state index is 5.54. The van der Waals surface area contributed by atoms with Crippen LogP contribution < -0.4 is 11.5 Å². The molecular weight excluding hydrogens is 164 g/mol. The molecule has 0 radical (unpaired) electrons. The number of halogens is 1. The molecule has 1 aromatic rings. The van der Waals surface area contributed by atoms with Crippen molar-refractivity contribution < 1.29 is 0 Å². The highest BCUT2D eigenvalue weighted by Gasteiger charge is 1.98. The van der Waals surface area contributed by atoms with Crippen molar-refractivity contribution in [3.8, 4) is 0 Å². The SMILES string of the molecule is CC(N)c1cnc(N)nc1.Cl. The van der Waals surface area contributed by atoms with Gasteiger partial charge in [0.05, 0.1) is 0 Å². The average molecular weight is 175 g/mol.